The molecule has 0 saturated carbocycles. The summed E-state index contributed by atoms with van der Waals surface area (Å²) in [5, 5.41) is 1.05. The normalized spacial score (nSPS) is 10.9. The average Bonchev–Trinajstić information content (AvgIpc) is 2.70. The number of hydrogen-bond acceptors (Lipinski definition) is 5. The van der Waals surface area contributed by atoms with Crippen molar-refractivity contribution in [2.75, 3.05) is 14.2 Å². The van der Waals surface area contributed by atoms with Gasteiger partial charge in [0.15, 0.2) is 11.6 Å². The zero-order valence-corrected chi connectivity index (χ0v) is 18.7. The molecule has 0 aliphatic carbocycles. The largest absolute Gasteiger partial charge is 0.494 e. The topological polar surface area (TPSA) is 57.1 Å². The van der Waals surface area contributed by atoms with Crippen molar-refractivity contribution in [2.24, 2.45) is 0 Å². The van der Waals surface area contributed by atoms with Crippen LogP contribution >= 0.6 is 69.6 Å². The first kappa shape index (κ1) is 21.5. The fraction of sp³-hybridized carbons (Fsp3) is 0.118. The lowest BCUT2D eigenvalue weighted by atomic mass is 10.1. The van der Waals surface area contributed by atoms with Crippen LogP contribution in [0.15, 0.2) is 18.5 Å². The van der Waals surface area contributed by atoms with Gasteiger partial charge in [-0.15, -0.1) is 0 Å². The summed E-state index contributed by atoms with van der Waals surface area (Å²) < 4.78 is 10.7. The van der Waals surface area contributed by atoms with Crippen LogP contribution in [-0.2, 0) is 0 Å². The Kier molecular flexibility index (Phi) is 6.65. The van der Waals surface area contributed by atoms with Crippen LogP contribution in [0.25, 0.3) is 22.8 Å². The molecule has 0 N–H and O–H groups in total. The van der Waals surface area contributed by atoms with Gasteiger partial charge < -0.3 is 9.47 Å². The lowest BCUT2D eigenvalue weighted by molar-refractivity contribution is 0.416. The molecule has 0 fully saturated rings. The molecule has 3 aromatic rings. The Bertz CT molecular complexity index is 997. The molecule has 0 aliphatic heterocycles. The van der Waals surface area contributed by atoms with Crippen molar-refractivity contribution in [3.63, 3.8) is 0 Å². The Morgan fingerprint density at radius 1 is 0.643 bits per heavy atom. The van der Waals surface area contributed by atoms with E-state index >= 15 is 0 Å². The molecule has 0 saturated heterocycles. The summed E-state index contributed by atoms with van der Waals surface area (Å²) in [6.45, 7) is 0. The predicted octanol–water partition coefficient (Wildman–Crippen LogP) is 7.14. The highest BCUT2D eigenvalue weighted by Gasteiger charge is 2.22. The van der Waals surface area contributed by atoms with Gasteiger partial charge in [0.05, 0.1) is 45.4 Å². The minimum atomic E-state index is 0.142. The quantitative estimate of drug-likeness (QED) is 0.357. The summed E-state index contributed by atoms with van der Waals surface area (Å²) in [6.07, 6.45) is 1.31. The van der Waals surface area contributed by atoms with Crippen molar-refractivity contribution in [2.45, 2.75) is 0 Å². The van der Waals surface area contributed by atoms with Crippen LogP contribution in [0.4, 0.5) is 0 Å². The van der Waals surface area contributed by atoms with Crippen molar-refractivity contribution < 1.29 is 9.47 Å². The number of rotatable bonds is 4. The van der Waals surface area contributed by atoms with Gasteiger partial charge in [-0.05, 0) is 12.1 Å². The highest BCUT2D eigenvalue weighted by atomic mass is 35.5. The molecule has 0 atom stereocenters. The first-order chi connectivity index (χ1) is 13.3. The van der Waals surface area contributed by atoms with Crippen molar-refractivity contribution in [3.8, 4) is 34.3 Å². The van der Waals surface area contributed by atoms with Crippen molar-refractivity contribution in [1.29, 1.82) is 0 Å². The molecular formula is C17H9Cl6N3O2. The highest BCUT2D eigenvalue weighted by Crippen LogP contribution is 2.45. The summed E-state index contributed by atoms with van der Waals surface area (Å²) in [5.74, 6) is 1.03. The van der Waals surface area contributed by atoms with E-state index in [-0.39, 0.29) is 53.3 Å². The summed E-state index contributed by atoms with van der Waals surface area (Å²) in [6, 6.07) is 3.10. The SMILES string of the molecule is COc1c(-c2ncnc(-c3cc(Cl)c(Cl)c(Cl)c3OC)n2)cc(Cl)c(Cl)c1Cl. The third-order valence-electron chi connectivity index (χ3n) is 3.70. The van der Waals surface area contributed by atoms with Crippen LogP contribution in [0.5, 0.6) is 11.5 Å². The summed E-state index contributed by atoms with van der Waals surface area (Å²) >= 11 is 36.9. The Morgan fingerprint density at radius 2 is 1.04 bits per heavy atom. The fourth-order valence-corrected chi connectivity index (χ4v) is 3.79. The molecular weight excluding hydrogens is 491 g/mol. The first-order valence-electron chi connectivity index (χ1n) is 7.42. The van der Waals surface area contributed by atoms with Crippen LogP contribution < -0.4 is 9.47 Å². The molecule has 0 bridgehead atoms. The lowest BCUT2D eigenvalue weighted by Crippen LogP contribution is -2.00. The van der Waals surface area contributed by atoms with Gasteiger partial charge in [0.2, 0.25) is 0 Å². The molecule has 2 aromatic carbocycles. The molecule has 5 nitrogen and oxygen atoms in total. The maximum absolute atomic E-state index is 6.23. The number of aromatic nitrogens is 3. The molecule has 0 unspecified atom stereocenters. The van der Waals surface area contributed by atoms with E-state index in [2.05, 4.69) is 15.0 Å². The van der Waals surface area contributed by atoms with Gasteiger partial charge in [-0.1, -0.05) is 69.6 Å². The third kappa shape index (κ3) is 3.80. The van der Waals surface area contributed by atoms with Crippen molar-refractivity contribution in [3.05, 3.63) is 48.6 Å². The van der Waals surface area contributed by atoms with E-state index in [1.54, 1.807) is 12.1 Å². The molecule has 1 aromatic heterocycles. The van der Waals surface area contributed by atoms with E-state index in [0.29, 0.717) is 11.1 Å². The monoisotopic (exact) mass is 497 g/mol. The van der Waals surface area contributed by atoms with E-state index in [1.165, 1.54) is 20.5 Å². The lowest BCUT2D eigenvalue weighted by Gasteiger charge is -2.14. The van der Waals surface area contributed by atoms with Gasteiger partial charge >= 0.3 is 0 Å². The van der Waals surface area contributed by atoms with Gasteiger partial charge in [0.25, 0.3) is 0 Å². The molecule has 0 radical (unpaired) electrons. The van der Waals surface area contributed by atoms with Crippen LogP contribution in [0.2, 0.25) is 30.1 Å². The minimum absolute atomic E-state index is 0.142. The molecule has 146 valence electrons. The Hall–Kier alpha value is -1.21. The number of ether oxygens (including phenoxy) is 2. The Labute approximate surface area is 190 Å². The van der Waals surface area contributed by atoms with Gasteiger partial charge in [-0.25, -0.2) is 15.0 Å². The Morgan fingerprint density at radius 3 is 1.39 bits per heavy atom. The minimum Gasteiger partial charge on any atom is -0.494 e. The Balaban J connectivity index is 2.24. The molecule has 11 heteroatoms. The number of nitrogens with zero attached hydrogens (tertiary/aromatic N) is 3. The summed E-state index contributed by atoms with van der Waals surface area (Å²) in [5.41, 5.74) is 0.853. The molecule has 0 spiro atoms. The van der Waals surface area contributed by atoms with E-state index in [4.69, 9.17) is 79.1 Å². The zero-order chi connectivity index (χ0) is 20.6. The zero-order valence-electron chi connectivity index (χ0n) is 14.2. The van der Waals surface area contributed by atoms with Crippen LogP contribution in [0.1, 0.15) is 0 Å². The maximum Gasteiger partial charge on any atom is 0.167 e. The van der Waals surface area contributed by atoms with Gasteiger partial charge in [-0.3, -0.25) is 0 Å². The first-order valence-corrected chi connectivity index (χ1v) is 9.69. The third-order valence-corrected chi connectivity index (χ3v) is 6.19. The van der Waals surface area contributed by atoms with E-state index in [9.17, 15) is 0 Å². The second-order valence-corrected chi connectivity index (χ2v) is 7.59. The van der Waals surface area contributed by atoms with Gasteiger partial charge in [0.1, 0.15) is 27.9 Å². The number of hydrogen-bond donors (Lipinski definition) is 0. The van der Waals surface area contributed by atoms with Gasteiger partial charge in [0, 0.05) is 0 Å². The molecule has 0 aliphatic rings. The van der Waals surface area contributed by atoms with E-state index in [0.717, 1.165) is 0 Å². The molecule has 0 amide bonds. The predicted molar refractivity (Wildman–Crippen MR) is 114 cm³/mol. The van der Waals surface area contributed by atoms with Crippen molar-refractivity contribution in [1.82, 2.24) is 15.0 Å². The second kappa shape index (κ2) is 8.66. The summed E-state index contributed by atoms with van der Waals surface area (Å²) in [7, 11) is 2.89. The molecule has 1 heterocycles. The second-order valence-electron chi connectivity index (χ2n) is 5.27. The van der Waals surface area contributed by atoms with Crippen LogP contribution in [-0.4, -0.2) is 29.2 Å². The smallest absolute Gasteiger partial charge is 0.167 e. The number of benzene rings is 2. The molecule has 3 rings (SSSR count). The maximum atomic E-state index is 6.23. The van der Waals surface area contributed by atoms with Gasteiger partial charge in [-0.2, -0.15) is 0 Å². The number of halogens is 6. The van der Waals surface area contributed by atoms with Crippen LogP contribution in [0.3, 0.4) is 0 Å². The number of methoxy groups -OCH3 is 2. The van der Waals surface area contributed by atoms with Crippen molar-refractivity contribution >= 4 is 69.6 Å². The average molecular weight is 500 g/mol. The van der Waals surface area contributed by atoms with E-state index in [1.807, 2.05) is 0 Å². The van der Waals surface area contributed by atoms with Crippen LogP contribution in [0, 0.1) is 0 Å². The summed E-state index contributed by atoms with van der Waals surface area (Å²) in [4.78, 5) is 12.8. The molecule has 28 heavy (non-hydrogen) atoms. The highest BCUT2D eigenvalue weighted by molar-refractivity contribution is 6.49. The fourth-order valence-electron chi connectivity index (χ4n) is 2.44. The standard InChI is InChI=1S/C17H9Cl6N3O2/c1-27-14-6(3-8(18)10(20)12(14)22)16-24-5-25-17(26-16)7-4-9(19)11(21)13(23)15(7)28-2/h3-5H,1-2H3. The van der Waals surface area contributed by atoms with E-state index < -0.39 is 0 Å².